The van der Waals surface area contributed by atoms with Crippen molar-refractivity contribution in [1.29, 1.82) is 0 Å². The number of benzene rings is 1. The van der Waals surface area contributed by atoms with E-state index in [1.165, 1.54) is 49.7 Å². The van der Waals surface area contributed by atoms with Gasteiger partial charge in [0.15, 0.2) is 0 Å². The first kappa shape index (κ1) is 13.0. The fourth-order valence-electron chi connectivity index (χ4n) is 3.01. The van der Waals surface area contributed by atoms with E-state index in [0.717, 1.165) is 24.8 Å². The van der Waals surface area contributed by atoms with Gasteiger partial charge in [-0.1, -0.05) is 13.0 Å². The number of nitrogens with one attached hydrogen (secondary N) is 1. The first-order chi connectivity index (χ1) is 9.36. The molecular formula is C17H25NO. The van der Waals surface area contributed by atoms with Crippen LogP contribution < -0.4 is 10.1 Å². The molecule has 1 fully saturated rings. The number of aryl methyl sites for hydroxylation is 2. The summed E-state index contributed by atoms with van der Waals surface area (Å²) in [5, 5.41) is 3.63. The fourth-order valence-corrected chi connectivity index (χ4v) is 3.01. The van der Waals surface area contributed by atoms with Crippen LogP contribution in [-0.2, 0) is 12.8 Å². The van der Waals surface area contributed by atoms with E-state index in [1.807, 2.05) is 0 Å². The third-order valence-electron chi connectivity index (χ3n) is 4.35. The molecule has 0 spiro atoms. The van der Waals surface area contributed by atoms with Gasteiger partial charge in [0.1, 0.15) is 12.4 Å². The van der Waals surface area contributed by atoms with Gasteiger partial charge in [-0.2, -0.15) is 0 Å². The van der Waals surface area contributed by atoms with E-state index in [4.69, 9.17) is 4.74 Å². The Morgan fingerprint density at radius 3 is 2.89 bits per heavy atom. The quantitative estimate of drug-likeness (QED) is 0.811. The van der Waals surface area contributed by atoms with Gasteiger partial charge in [-0.15, -0.1) is 0 Å². The van der Waals surface area contributed by atoms with Crippen molar-refractivity contribution in [3.05, 3.63) is 29.3 Å². The van der Waals surface area contributed by atoms with Crippen molar-refractivity contribution in [2.24, 2.45) is 5.92 Å². The standard InChI is InChI=1S/C17H25NO/c1-2-10-18-17(14-6-7-14)12-19-16-9-8-13-4-3-5-15(13)11-16/h8-9,11,14,17-18H,2-7,10,12H2,1H3. The van der Waals surface area contributed by atoms with Crippen LogP contribution in [0.5, 0.6) is 5.75 Å². The second-order valence-electron chi connectivity index (χ2n) is 5.99. The van der Waals surface area contributed by atoms with E-state index in [0.29, 0.717) is 6.04 Å². The first-order valence-corrected chi connectivity index (χ1v) is 7.85. The molecule has 0 aromatic heterocycles. The maximum Gasteiger partial charge on any atom is 0.119 e. The van der Waals surface area contributed by atoms with Crippen molar-refractivity contribution in [3.63, 3.8) is 0 Å². The molecule has 1 atom stereocenters. The summed E-state index contributed by atoms with van der Waals surface area (Å²) >= 11 is 0. The van der Waals surface area contributed by atoms with Gasteiger partial charge in [-0.25, -0.2) is 0 Å². The molecule has 0 bridgehead atoms. The highest BCUT2D eigenvalue weighted by Gasteiger charge is 2.31. The number of fused-ring (bicyclic) bond motifs is 1. The Balaban J connectivity index is 1.55. The van der Waals surface area contributed by atoms with Crippen molar-refractivity contribution in [3.8, 4) is 5.75 Å². The van der Waals surface area contributed by atoms with E-state index in [2.05, 4.69) is 30.4 Å². The fraction of sp³-hybridized carbons (Fsp3) is 0.647. The van der Waals surface area contributed by atoms with Gasteiger partial charge in [-0.05, 0) is 74.2 Å². The molecule has 0 aliphatic heterocycles. The van der Waals surface area contributed by atoms with Gasteiger partial charge in [0.05, 0.1) is 0 Å². The van der Waals surface area contributed by atoms with Crippen LogP contribution in [0, 0.1) is 5.92 Å². The molecule has 2 nitrogen and oxygen atoms in total. The SMILES string of the molecule is CCCNC(COc1ccc2c(c1)CCC2)C1CC1. The smallest absolute Gasteiger partial charge is 0.119 e. The largest absolute Gasteiger partial charge is 0.492 e. The van der Waals surface area contributed by atoms with Crippen molar-refractivity contribution in [2.45, 2.75) is 51.5 Å². The van der Waals surface area contributed by atoms with Crippen molar-refractivity contribution in [2.75, 3.05) is 13.2 Å². The zero-order valence-corrected chi connectivity index (χ0v) is 12.0. The maximum absolute atomic E-state index is 6.03. The summed E-state index contributed by atoms with van der Waals surface area (Å²) in [7, 11) is 0. The molecule has 0 amide bonds. The number of hydrogen-bond acceptors (Lipinski definition) is 2. The average molecular weight is 259 g/mol. The predicted molar refractivity (Wildman–Crippen MR) is 78.8 cm³/mol. The topological polar surface area (TPSA) is 21.3 Å². The molecule has 1 aromatic carbocycles. The minimum absolute atomic E-state index is 0.549. The molecule has 0 heterocycles. The Morgan fingerprint density at radius 2 is 2.11 bits per heavy atom. The second-order valence-corrected chi connectivity index (χ2v) is 5.99. The lowest BCUT2D eigenvalue weighted by atomic mass is 10.1. The minimum atomic E-state index is 0.549. The molecule has 1 aromatic rings. The highest BCUT2D eigenvalue weighted by atomic mass is 16.5. The number of ether oxygens (including phenoxy) is 1. The lowest BCUT2D eigenvalue weighted by molar-refractivity contribution is 0.249. The zero-order valence-electron chi connectivity index (χ0n) is 12.0. The molecule has 19 heavy (non-hydrogen) atoms. The summed E-state index contributed by atoms with van der Waals surface area (Å²) in [5.41, 5.74) is 3.03. The lowest BCUT2D eigenvalue weighted by Gasteiger charge is -2.19. The lowest BCUT2D eigenvalue weighted by Crippen LogP contribution is -2.37. The summed E-state index contributed by atoms with van der Waals surface area (Å²) in [6, 6.07) is 7.21. The number of rotatable bonds is 7. The summed E-state index contributed by atoms with van der Waals surface area (Å²) in [5.74, 6) is 1.91. The summed E-state index contributed by atoms with van der Waals surface area (Å²) in [6.07, 6.45) is 7.72. The Bertz CT molecular complexity index is 425. The molecule has 104 valence electrons. The van der Waals surface area contributed by atoms with Crippen molar-refractivity contribution >= 4 is 0 Å². The van der Waals surface area contributed by atoms with Crippen LogP contribution in [0.3, 0.4) is 0 Å². The third-order valence-corrected chi connectivity index (χ3v) is 4.35. The molecular weight excluding hydrogens is 234 g/mol. The zero-order chi connectivity index (χ0) is 13.1. The van der Waals surface area contributed by atoms with E-state index < -0.39 is 0 Å². The summed E-state index contributed by atoms with van der Waals surface area (Å²) in [6.45, 7) is 4.15. The maximum atomic E-state index is 6.03. The third kappa shape index (κ3) is 3.30. The van der Waals surface area contributed by atoms with Gasteiger partial charge in [0, 0.05) is 6.04 Å². The highest BCUT2D eigenvalue weighted by Crippen LogP contribution is 2.33. The van der Waals surface area contributed by atoms with Crippen LogP contribution in [0.4, 0.5) is 0 Å². The van der Waals surface area contributed by atoms with Crippen LogP contribution >= 0.6 is 0 Å². The molecule has 0 radical (unpaired) electrons. The molecule has 3 rings (SSSR count). The second kappa shape index (κ2) is 5.96. The number of hydrogen-bond donors (Lipinski definition) is 1. The predicted octanol–water partition coefficient (Wildman–Crippen LogP) is 3.33. The van der Waals surface area contributed by atoms with Gasteiger partial charge >= 0.3 is 0 Å². The van der Waals surface area contributed by atoms with Crippen LogP contribution in [0.2, 0.25) is 0 Å². The highest BCUT2D eigenvalue weighted by molar-refractivity contribution is 5.38. The van der Waals surface area contributed by atoms with Crippen molar-refractivity contribution in [1.82, 2.24) is 5.32 Å². The molecule has 2 aliphatic carbocycles. The van der Waals surface area contributed by atoms with Crippen LogP contribution in [0.15, 0.2) is 18.2 Å². The van der Waals surface area contributed by atoms with Crippen LogP contribution in [-0.4, -0.2) is 19.2 Å². The van der Waals surface area contributed by atoms with E-state index in [9.17, 15) is 0 Å². The van der Waals surface area contributed by atoms with Gasteiger partial charge in [-0.3, -0.25) is 0 Å². The van der Waals surface area contributed by atoms with Crippen molar-refractivity contribution < 1.29 is 4.74 Å². The molecule has 2 aliphatic rings. The summed E-state index contributed by atoms with van der Waals surface area (Å²) < 4.78 is 6.03. The first-order valence-electron chi connectivity index (χ1n) is 7.85. The molecule has 1 N–H and O–H groups in total. The Kier molecular flexibility index (Phi) is 4.07. The van der Waals surface area contributed by atoms with Gasteiger partial charge in [0.25, 0.3) is 0 Å². The van der Waals surface area contributed by atoms with Crippen LogP contribution in [0.25, 0.3) is 0 Å². The molecule has 1 unspecified atom stereocenters. The van der Waals surface area contributed by atoms with Crippen LogP contribution in [0.1, 0.15) is 43.7 Å². The molecule has 1 saturated carbocycles. The van der Waals surface area contributed by atoms with E-state index >= 15 is 0 Å². The Labute approximate surface area is 116 Å². The van der Waals surface area contributed by atoms with Gasteiger partial charge in [0.2, 0.25) is 0 Å². The minimum Gasteiger partial charge on any atom is -0.492 e. The summed E-state index contributed by atoms with van der Waals surface area (Å²) in [4.78, 5) is 0. The Morgan fingerprint density at radius 1 is 1.26 bits per heavy atom. The van der Waals surface area contributed by atoms with E-state index in [1.54, 1.807) is 0 Å². The van der Waals surface area contributed by atoms with E-state index in [-0.39, 0.29) is 0 Å². The average Bonchev–Trinajstić information content (AvgIpc) is 3.16. The Hall–Kier alpha value is -1.02. The normalized spacial score (nSPS) is 19.2. The monoisotopic (exact) mass is 259 g/mol. The molecule has 2 heteroatoms. The molecule has 0 saturated heterocycles. The van der Waals surface area contributed by atoms with Gasteiger partial charge < -0.3 is 10.1 Å².